The largest absolute Gasteiger partial charge is 0.459 e. The Morgan fingerprint density at radius 3 is 1.91 bits per heavy atom. The van der Waals surface area contributed by atoms with E-state index < -0.39 is 35.6 Å². The third kappa shape index (κ3) is 7.17. The summed E-state index contributed by atoms with van der Waals surface area (Å²) in [5.74, 6) is -1.64. The highest BCUT2D eigenvalue weighted by molar-refractivity contribution is 5.90. The number of rotatable bonds is 9. The Bertz CT molecular complexity index is 1580. The first-order valence-corrected chi connectivity index (χ1v) is 14.8. The van der Waals surface area contributed by atoms with E-state index in [1.54, 1.807) is 24.3 Å². The molecule has 1 aliphatic rings. The van der Waals surface area contributed by atoms with E-state index in [4.69, 9.17) is 14.2 Å². The molecule has 226 valence electrons. The monoisotopic (exact) mass is 591 g/mol. The molecule has 0 unspecified atom stereocenters. The third-order valence-corrected chi connectivity index (χ3v) is 7.67. The minimum atomic E-state index is -1.04. The second-order valence-corrected chi connectivity index (χ2v) is 12.0. The molecule has 0 saturated heterocycles. The van der Waals surface area contributed by atoms with Gasteiger partial charge in [-0.2, -0.15) is 0 Å². The highest BCUT2D eigenvalue weighted by Gasteiger charge is 2.33. The number of benzene rings is 4. The molecule has 1 N–H and O–H groups in total. The van der Waals surface area contributed by atoms with E-state index in [1.165, 1.54) is 0 Å². The normalized spacial score (nSPS) is 13.6. The molecule has 0 saturated carbocycles. The number of ether oxygens (including phenoxy) is 3. The fourth-order valence-corrected chi connectivity index (χ4v) is 5.43. The molecule has 2 atom stereocenters. The summed E-state index contributed by atoms with van der Waals surface area (Å²) < 4.78 is 16.8. The van der Waals surface area contributed by atoms with Crippen LogP contribution in [0.25, 0.3) is 11.1 Å². The van der Waals surface area contributed by atoms with Crippen LogP contribution in [0, 0.1) is 0 Å². The second kappa shape index (κ2) is 13.2. The Balaban J connectivity index is 1.31. The van der Waals surface area contributed by atoms with Crippen molar-refractivity contribution in [1.82, 2.24) is 5.32 Å². The highest BCUT2D eigenvalue weighted by atomic mass is 16.6. The van der Waals surface area contributed by atoms with Gasteiger partial charge in [0.1, 0.15) is 24.9 Å². The van der Waals surface area contributed by atoms with Crippen LogP contribution in [0.3, 0.4) is 0 Å². The number of nitrogens with one attached hydrogen (secondary N) is 1. The minimum absolute atomic E-state index is 0.0623. The van der Waals surface area contributed by atoms with Gasteiger partial charge in [-0.1, -0.05) is 97.9 Å². The van der Waals surface area contributed by atoms with Crippen molar-refractivity contribution >= 4 is 18.0 Å². The number of hydrogen-bond donors (Lipinski definition) is 1. The standard InChI is InChI=1S/C37H37NO6/c1-24(26-18-20-27(21-19-26)34(39)44-37(2,3)4)33(35(40)42-22-25-12-6-5-7-13-25)38-36(41)43-23-32-30-16-10-8-14-28(30)29-15-9-11-17-31(29)32/h5-21,24,32-33H,22-23H2,1-4H3,(H,38,41)/t24-,33+/m1/s1. The highest BCUT2D eigenvalue weighted by Crippen LogP contribution is 2.44. The lowest BCUT2D eigenvalue weighted by atomic mass is 9.92. The van der Waals surface area contributed by atoms with Crippen LogP contribution in [0.1, 0.15) is 72.1 Å². The first-order valence-electron chi connectivity index (χ1n) is 14.8. The Morgan fingerprint density at radius 2 is 1.32 bits per heavy atom. The molecule has 5 rings (SSSR count). The second-order valence-electron chi connectivity index (χ2n) is 12.0. The van der Waals surface area contributed by atoms with Crippen molar-refractivity contribution < 1.29 is 28.6 Å². The molecule has 1 aliphatic carbocycles. The fraction of sp³-hybridized carbons (Fsp3) is 0.270. The molecule has 44 heavy (non-hydrogen) atoms. The van der Waals surface area contributed by atoms with Gasteiger partial charge in [-0.25, -0.2) is 14.4 Å². The zero-order valence-electron chi connectivity index (χ0n) is 25.4. The molecule has 0 bridgehead atoms. The summed E-state index contributed by atoms with van der Waals surface area (Å²) >= 11 is 0. The van der Waals surface area contributed by atoms with Crippen LogP contribution in [0.5, 0.6) is 0 Å². The van der Waals surface area contributed by atoms with Gasteiger partial charge in [-0.3, -0.25) is 0 Å². The summed E-state index contributed by atoms with van der Waals surface area (Å²) in [6, 6.07) is 31.3. The number of fused-ring (bicyclic) bond motifs is 3. The van der Waals surface area contributed by atoms with Crippen LogP contribution in [-0.4, -0.2) is 36.3 Å². The number of carbonyl (C=O) groups is 3. The summed E-state index contributed by atoms with van der Waals surface area (Å²) in [7, 11) is 0. The molecule has 0 spiro atoms. The molecule has 0 radical (unpaired) electrons. The zero-order valence-corrected chi connectivity index (χ0v) is 25.4. The molecule has 1 amide bonds. The Labute approximate surface area is 258 Å². The summed E-state index contributed by atoms with van der Waals surface area (Å²) in [5, 5.41) is 2.76. The molecular weight excluding hydrogens is 554 g/mol. The lowest BCUT2D eigenvalue weighted by Crippen LogP contribution is -2.45. The molecule has 0 heterocycles. The van der Waals surface area contributed by atoms with Gasteiger partial charge >= 0.3 is 18.0 Å². The van der Waals surface area contributed by atoms with E-state index >= 15 is 0 Å². The van der Waals surface area contributed by atoms with Crippen LogP contribution in [0.15, 0.2) is 103 Å². The van der Waals surface area contributed by atoms with E-state index in [9.17, 15) is 14.4 Å². The van der Waals surface area contributed by atoms with Gasteiger partial charge < -0.3 is 19.5 Å². The third-order valence-electron chi connectivity index (χ3n) is 7.67. The maximum absolute atomic E-state index is 13.4. The first kappa shape index (κ1) is 30.5. The Kier molecular flexibility index (Phi) is 9.14. The SMILES string of the molecule is C[C@H](c1ccc(C(=O)OC(C)(C)C)cc1)[C@H](NC(=O)OCC1c2ccccc2-c2ccccc21)C(=O)OCc1ccccc1. The minimum Gasteiger partial charge on any atom is -0.459 e. The van der Waals surface area contributed by atoms with E-state index in [0.29, 0.717) is 5.56 Å². The van der Waals surface area contributed by atoms with Crippen molar-refractivity contribution in [2.24, 2.45) is 0 Å². The van der Waals surface area contributed by atoms with Gasteiger partial charge in [0.05, 0.1) is 5.56 Å². The summed E-state index contributed by atoms with van der Waals surface area (Å²) in [6.45, 7) is 7.42. The number of hydrogen-bond acceptors (Lipinski definition) is 6. The maximum atomic E-state index is 13.4. The average molecular weight is 592 g/mol. The first-order chi connectivity index (χ1) is 21.1. The number of alkyl carbamates (subject to hydrolysis) is 1. The Morgan fingerprint density at radius 1 is 0.750 bits per heavy atom. The summed E-state index contributed by atoms with van der Waals surface area (Å²) in [5.41, 5.74) is 5.78. The van der Waals surface area contributed by atoms with Crippen molar-refractivity contribution in [2.45, 2.75) is 57.8 Å². The fourth-order valence-electron chi connectivity index (χ4n) is 5.43. The molecule has 0 aliphatic heterocycles. The van der Waals surface area contributed by atoms with Crippen LogP contribution in [0.4, 0.5) is 4.79 Å². The van der Waals surface area contributed by atoms with Crippen molar-refractivity contribution in [3.8, 4) is 11.1 Å². The van der Waals surface area contributed by atoms with Gasteiger partial charge in [-0.05, 0) is 66.3 Å². The lowest BCUT2D eigenvalue weighted by Gasteiger charge is -2.25. The van der Waals surface area contributed by atoms with Crippen LogP contribution >= 0.6 is 0 Å². The number of amides is 1. The van der Waals surface area contributed by atoms with E-state index in [-0.39, 0.29) is 19.1 Å². The zero-order chi connectivity index (χ0) is 31.3. The van der Waals surface area contributed by atoms with Crippen LogP contribution in [-0.2, 0) is 25.6 Å². The number of carbonyl (C=O) groups excluding carboxylic acids is 3. The van der Waals surface area contributed by atoms with Crippen LogP contribution < -0.4 is 5.32 Å². The average Bonchev–Trinajstić information content (AvgIpc) is 3.34. The van der Waals surface area contributed by atoms with Crippen molar-refractivity contribution in [1.29, 1.82) is 0 Å². The summed E-state index contributed by atoms with van der Waals surface area (Å²) in [4.78, 5) is 39.2. The van der Waals surface area contributed by atoms with E-state index in [1.807, 2.05) is 94.4 Å². The molecule has 0 aromatic heterocycles. The summed E-state index contributed by atoms with van der Waals surface area (Å²) in [6.07, 6.45) is -0.717. The quantitative estimate of drug-likeness (QED) is 0.161. The smallest absolute Gasteiger partial charge is 0.407 e. The maximum Gasteiger partial charge on any atom is 0.407 e. The van der Waals surface area contributed by atoms with Gasteiger partial charge in [0.25, 0.3) is 0 Å². The molecule has 0 fully saturated rings. The van der Waals surface area contributed by atoms with Gasteiger partial charge in [-0.15, -0.1) is 0 Å². The molecule has 7 nitrogen and oxygen atoms in total. The van der Waals surface area contributed by atoms with Crippen molar-refractivity contribution in [3.63, 3.8) is 0 Å². The van der Waals surface area contributed by atoms with Crippen molar-refractivity contribution in [3.05, 3.63) is 131 Å². The lowest BCUT2D eigenvalue weighted by molar-refractivity contribution is -0.148. The molecule has 4 aromatic carbocycles. The van der Waals surface area contributed by atoms with Gasteiger partial charge in [0.15, 0.2) is 0 Å². The van der Waals surface area contributed by atoms with Gasteiger partial charge in [0.2, 0.25) is 0 Å². The van der Waals surface area contributed by atoms with E-state index in [2.05, 4.69) is 17.4 Å². The van der Waals surface area contributed by atoms with Gasteiger partial charge in [0, 0.05) is 11.8 Å². The number of esters is 2. The Hall–Kier alpha value is -4.91. The molecule has 7 heteroatoms. The van der Waals surface area contributed by atoms with Crippen LogP contribution in [0.2, 0.25) is 0 Å². The topological polar surface area (TPSA) is 90.9 Å². The predicted octanol–water partition coefficient (Wildman–Crippen LogP) is 7.40. The molecule has 4 aromatic rings. The van der Waals surface area contributed by atoms with E-state index in [0.717, 1.165) is 33.4 Å². The predicted molar refractivity (Wildman–Crippen MR) is 168 cm³/mol. The molecular formula is C37H37NO6. The van der Waals surface area contributed by atoms with Crippen molar-refractivity contribution in [2.75, 3.05) is 6.61 Å².